The molecule has 0 bridgehead atoms. The Morgan fingerprint density at radius 3 is 1.27 bits per heavy atom. The Labute approximate surface area is 179 Å². The first-order valence-corrected chi connectivity index (χ1v) is 10.8. The van der Waals surface area contributed by atoms with Crippen molar-refractivity contribution in [3.63, 3.8) is 0 Å². The minimum atomic E-state index is 0.972. The summed E-state index contributed by atoms with van der Waals surface area (Å²) >= 11 is 1.26. The number of hydrogen-bond acceptors (Lipinski definition) is 3. The van der Waals surface area contributed by atoms with Crippen LogP contribution < -0.4 is 0 Å². The van der Waals surface area contributed by atoms with Gasteiger partial charge >= 0.3 is 65.2 Å². The molecule has 0 aliphatic heterocycles. The molecule has 26 heavy (non-hydrogen) atoms. The maximum absolute atomic E-state index is 3.56. The van der Waals surface area contributed by atoms with E-state index in [1.165, 1.54) is 37.2 Å². The summed E-state index contributed by atoms with van der Waals surface area (Å²) in [5.41, 5.74) is 1.59. The van der Waals surface area contributed by atoms with Gasteiger partial charge < -0.3 is 14.7 Å². The van der Waals surface area contributed by atoms with Gasteiger partial charge in [-0.25, -0.2) is 0 Å². The molecule has 0 spiro atoms. The van der Waals surface area contributed by atoms with E-state index in [1.54, 1.807) is 8.90 Å². The molecular formula is C22H42HfN3. The third-order valence-electron chi connectivity index (χ3n) is 2.89. The van der Waals surface area contributed by atoms with Gasteiger partial charge in [-0.3, -0.25) is 0 Å². The summed E-state index contributed by atoms with van der Waals surface area (Å²) in [6, 6.07) is 0. The van der Waals surface area contributed by atoms with Crippen molar-refractivity contribution in [2.75, 3.05) is 61.9 Å². The molecule has 0 atom stereocenters. The van der Waals surface area contributed by atoms with Crippen molar-refractivity contribution in [3.8, 4) is 0 Å². The van der Waals surface area contributed by atoms with Crippen molar-refractivity contribution < 1.29 is 24.4 Å². The minimum absolute atomic E-state index is 0.972. The standard InChI is InChI=1S/C7H9.3C5H11N.Hf/c1-2-7-5-3-4-6-7;3*1-4-5-6(2)3;/h3,5H,2,4H2,1H3;3*4H,1,5H2,2-3H3;. The topological polar surface area (TPSA) is 9.72 Å². The van der Waals surface area contributed by atoms with Gasteiger partial charge in [0, 0.05) is 19.6 Å². The molecule has 0 saturated carbocycles. The van der Waals surface area contributed by atoms with Gasteiger partial charge in [-0.05, 0) is 42.3 Å². The van der Waals surface area contributed by atoms with Crippen molar-refractivity contribution in [2.45, 2.75) is 19.8 Å². The van der Waals surface area contributed by atoms with E-state index in [9.17, 15) is 0 Å². The normalized spacial score (nSPS) is 11.9. The van der Waals surface area contributed by atoms with Gasteiger partial charge in [-0.15, -0.1) is 19.7 Å². The van der Waals surface area contributed by atoms with E-state index in [-0.39, 0.29) is 0 Å². The summed E-state index contributed by atoms with van der Waals surface area (Å²) in [7, 11) is 12.1. The Balaban J connectivity index is -0.000000275. The molecule has 3 nitrogen and oxygen atoms in total. The van der Waals surface area contributed by atoms with Crippen molar-refractivity contribution in [1.82, 2.24) is 14.7 Å². The summed E-state index contributed by atoms with van der Waals surface area (Å²) in [6.07, 6.45) is 12.6. The van der Waals surface area contributed by atoms with E-state index in [0.29, 0.717) is 0 Å². The number of hydrogen-bond donors (Lipinski definition) is 0. The molecule has 4 heteroatoms. The van der Waals surface area contributed by atoms with Crippen molar-refractivity contribution in [3.05, 3.63) is 59.0 Å². The van der Waals surface area contributed by atoms with E-state index in [2.05, 4.69) is 53.5 Å². The molecule has 0 aromatic heterocycles. The van der Waals surface area contributed by atoms with Crippen LogP contribution in [0, 0.1) is 0 Å². The molecule has 149 valence electrons. The average Bonchev–Trinajstić information content (AvgIpc) is 2.94. The molecule has 0 saturated heterocycles. The molecule has 1 aliphatic carbocycles. The predicted molar refractivity (Wildman–Crippen MR) is 117 cm³/mol. The Kier molecular flexibility index (Phi) is 26.1. The summed E-state index contributed by atoms with van der Waals surface area (Å²) in [5.74, 6) is 0. The first-order valence-electron chi connectivity index (χ1n) is 9.03. The van der Waals surface area contributed by atoms with Gasteiger partial charge in [0.25, 0.3) is 0 Å². The zero-order valence-electron chi connectivity index (χ0n) is 18.4. The van der Waals surface area contributed by atoms with Crippen LogP contribution in [-0.4, -0.2) is 76.6 Å². The van der Waals surface area contributed by atoms with E-state index >= 15 is 0 Å². The van der Waals surface area contributed by atoms with Crippen LogP contribution in [0.15, 0.2) is 59.0 Å². The van der Waals surface area contributed by atoms with E-state index in [1.807, 2.05) is 60.5 Å². The number of likely N-dealkylation sites (N-methyl/N-ethyl adjacent to an activating group) is 3. The van der Waals surface area contributed by atoms with Crippen molar-refractivity contribution >= 4 is 0 Å². The van der Waals surface area contributed by atoms with Crippen LogP contribution in [0.25, 0.3) is 0 Å². The molecule has 1 rings (SSSR count). The Hall–Kier alpha value is -0.550. The molecule has 1 aliphatic rings. The summed E-state index contributed by atoms with van der Waals surface area (Å²) in [5, 5.41) is 0. The maximum atomic E-state index is 3.56. The Bertz CT molecular complexity index is 374. The Morgan fingerprint density at radius 2 is 1.19 bits per heavy atom. The molecule has 0 radical (unpaired) electrons. The molecule has 0 amide bonds. The van der Waals surface area contributed by atoms with Crippen LogP contribution in [0.4, 0.5) is 0 Å². The monoisotopic (exact) mass is 528 g/mol. The van der Waals surface area contributed by atoms with Crippen LogP contribution in [0.2, 0.25) is 0 Å². The van der Waals surface area contributed by atoms with Crippen molar-refractivity contribution in [2.24, 2.45) is 0 Å². The molecule has 0 fully saturated rings. The van der Waals surface area contributed by atoms with Gasteiger partial charge in [0.2, 0.25) is 0 Å². The van der Waals surface area contributed by atoms with E-state index < -0.39 is 0 Å². The molecule has 0 unspecified atom stereocenters. The fourth-order valence-electron chi connectivity index (χ4n) is 1.66. The van der Waals surface area contributed by atoms with Gasteiger partial charge in [-0.1, -0.05) is 18.2 Å². The van der Waals surface area contributed by atoms with Crippen LogP contribution in [0.1, 0.15) is 19.8 Å². The van der Waals surface area contributed by atoms with Crippen LogP contribution in [0.3, 0.4) is 0 Å². The van der Waals surface area contributed by atoms with Gasteiger partial charge in [-0.2, -0.15) is 0 Å². The second-order valence-corrected chi connectivity index (χ2v) is 8.78. The summed E-state index contributed by atoms with van der Waals surface area (Å²) < 4.78 is 1.69. The van der Waals surface area contributed by atoms with Crippen LogP contribution in [0.5, 0.6) is 0 Å². The number of allylic oxidation sites excluding steroid dienone is 4. The molecule has 0 N–H and O–H groups in total. The zero-order chi connectivity index (χ0) is 21.0. The van der Waals surface area contributed by atoms with Crippen LogP contribution >= 0.6 is 0 Å². The van der Waals surface area contributed by atoms with E-state index in [4.69, 9.17) is 0 Å². The zero-order valence-corrected chi connectivity index (χ0v) is 22.0. The second kappa shape index (κ2) is 22.5. The Morgan fingerprint density at radius 1 is 0.846 bits per heavy atom. The second-order valence-electron chi connectivity index (χ2n) is 6.62. The third kappa shape index (κ3) is 28.3. The fourth-order valence-corrected chi connectivity index (χ4v) is 3.01. The quantitative estimate of drug-likeness (QED) is 0.360. The molecule has 0 aromatic carbocycles. The first kappa shape index (κ1) is 30.2. The van der Waals surface area contributed by atoms with E-state index in [0.717, 1.165) is 19.6 Å². The summed E-state index contributed by atoms with van der Waals surface area (Å²) in [4.78, 5) is 6.19. The molecule has 0 aromatic rings. The SMILES string of the molecule is C=CCN(C)C.C=CCN(C)C.C=CCN(C)C.CCC1=[C]([Hf])CC=C1. The summed E-state index contributed by atoms with van der Waals surface area (Å²) in [6.45, 7) is 15.8. The fraction of sp³-hybridized carbons (Fsp3) is 0.545. The molecular weight excluding hydrogens is 485 g/mol. The number of rotatable bonds is 7. The number of nitrogens with zero attached hydrogens (tertiary/aromatic N) is 3. The first-order chi connectivity index (χ1) is 12.2. The van der Waals surface area contributed by atoms with Gasteiger partial charge in [0.1, 0.15) is 0 Å². The van der Waals surface area contributed by atoms with Crippen molar-refractivity contribution in [1.29, 1.82) is 0 Å². The average molecular weight is 527 g/mol. The van der Waals surface area contributed by atoms with Crippen LogP contribution in [-0.2, 0) is 24.4 Å². The molecule has 0 heterocycles. The van der Waals surface area contributed by atoms with Gasteiger partial charge in [0.05, 0.1) is 0 Å². The third-order valence-corrected chi connectivity index (χ3v) is 4.78. The predicted octanol–water partition coefficient (Wildman–Crippen LogP) is 4.36. The van der Waals surface area contributed by atoms with Gasteiger partial charge in [0.15, 0.2) is 0 Å².